The van der Waals surface area contributed by atoms with Crippen molar-refractivity contribution in [3.63, 3.8) is 0 Å². The van der Waals surface area contributed by atoms with Crippen LogP contribution in [0.3, 0.4) is 0 Å². The molecule has 0 amide bonds. The van der Waals surface area contributed by atoms with E-state index in [0.717, 1.165) is 6.08 Å². The van der Waals surface area contributed by atoms with Gasteiger partial charge >= 0.3 is 11.9 Å². The van der Waals surface area contributed by atoms with Crippen molar-refractivity contribution in [2.45, 2.75) is 20.8 Å². The summed E-state index contributed by atoms with van der Waals surface area (Å²) < 4.78 is 9.74. The van der Waals surface area contributed by atoms with Gasteiger partial charge in [0.2, 0.25) is 0 Å². The summed E-state index contributed by atoms with van der Waals surface area (Å²) >= 11 is 0. The van der Waals surface area contributed by atoms with Gasteiger partial charge in [-0.25, -0.2) is 4.79 Å². The number of esters is 2. The molecule has 0 atom stereocenters. The van der Waals surface area contributed by atoms with E-state index in [0.29, 0.717) is 26.3 Å². The molecule has 0 aromatic rings. The number of nitrogens with one attached hydrogen (secondary N) is 1. The highest BCUT2D eigenvalue weighted by molar-refractivity contribution is 5.81. The first kappa shape index (κ1) is 15.6. The lowest BCUT2D eigenvalue weighted by Gasteiger charge is -2.24. The van der Waals surface area contributed by atoms with Crippen LogP contribution in [0.15, 0.2) is 12.7 Å². The molecule has 0 aliphatic rings. The number of hydrogen-bond acceptors (Lipinski definition) is 5. The van der Waals surface area contributed by atoms with E-state index >= 15 is 0 Å². The van der Waals surface area contributed by atoms with Gasteiger partial charge < -0.3 is 14.8 Å². The van der Waals surface area contributed by atoms with E-state index in [-0.39, 0.29) is 11.4 Å². The molecule has 0 unspecified atom stereocenters. The van der Waals surface area contributed by atoms with E-state index in [2.05, 4.69) is 11.9 Å². The molecule has 0 aromatic heterocycles. The van der Waals surface area contributed by atoms with Crippen LogP contribution in [0, 0.1) is 5.41 Å². The molecule has 0 aliphatic heterocycles. The highest BCUT2D eigenvalue weighted by Crippen LogP contribution is 2.13. The largest absolute Gasteiger partial charge is 0.465 e. The Labute approximate surface area is 102 Å². The first-order valence-corrected chi connectivity index (χ1v) is 5.50. The highest BCUT2D eigenvalue weighted by Gasteiger charge is 2.18. The van der Waals surface area contributed by atoms with Crippen LogP contribution in [0.4, 0.5) is 0 Å². The highest BCUT2D eigenvalue weighted by atomic mass is 16.5. The summed E-state index contributed by atoms with van der Waals surface area (Å²) in [6.07, 6.45) is 1.13. The second-order valence-electron chi connectivity index (χ2n) is 4.49. The molecule has 0 fully saturated rings. The molecule has 0 bridgehead atoms. The van der Waals surface area contributed by atoms with Crippen molar-refractivity contribution >= 4 is 11.9 Å². The summed E-state index contributed by atoms with van der Waals surface area (Å²) in [5.41, 5.74) is -0.145. The maximum Gasteiger partial charge on any atom is 0.330 e. The van der Waals surface area contributed by atoms with Crippen molar-refractivity contribution in [1.82, 2.24) is 5.32 Å². The Hall–Kier alpha value is -1.36. The fraction of sp³-hybridized carbons (Fsp3) is 0.667. The Morgan fingerprint density at radius 2 is 2.00 bits per heavy atom. The molecule has 5 heteroatoms. The predicted molar refractivity (Wildman–Crippen MR) is 64.4 cm³/mol. The summed E-state index contributed by atoms with van der Waals surface area (Å²) in [5, 5.41) is 3.13. The van der Waals surface area contributed by atoms with Crippen LogP contribution < -0.4 is 5.32 Å². The average Bonchev–Trinajstić information content (AvgIpc) is 2.25. The Morgan fingerprint density at radius 1 is 1.35 bits per heavy atom. The van der Waals surface area contributed by atoms with Gasteiger partial charge in [0.1, 0.15) is 6.61 Å². The summed E-state index contributed by atoms with van der Waals surface area (Å²) in [7, 11) is 0. The zero-order chi connectivity index (χ0) is 13.3. The summed E-state index contributed by atoms with van der Waals surface area (Å²) in [4.78, 5) is 21.4. The lowest BCUT2D eigenvalue weighted by atomic mass is 9.95. The topological polar surface area (TPSA) is 64.6 Å². The summed E-state index contributed by atoms with van der Waals surface area (Å²) in [5.74, 6) is -0.705. The maximum atomic E-state index is 10.7. The molecule has 0 radical (unpaired) electrons. The Bertz CT molecular complexity index is 274. The van der Waals surface area contributed by atoms with Gasteiger partial charge in [-0.2, -0.15) is 0 Å². The monoisotopic (exact) mass is 243 g/mol. The smallest absolute Gasteiger partial charge is 0.330 e. The molecular formula is C12H21NO4. The number of ether oxygens (including phenoxy) is 2. The molecule has 1 N–H and O–H groups in total. The molecule has 0 heterocycles. The maximum absolute atomic E-state index is 10.7. The van der Waals surface area contributed by atoms with E-state index in [1.807, 2.05) is 13.8 Å². The third-order valence-corrected chi connectivity index (χ3v) is 1.96. The van der Waals surface area contributed by atoms with Crippen molar-refractivity contribution in [2.24, 2.45) is 5.41 Å². The predicted octanol–water partition coefficient (Wildman–Crippen LogP) is 0.894. The molecule has 0 saturated heterocycles. The molecule has 17 heavy (non-hydrogen) atoms. The summed E-state index contributed by atoms with van der Waals surface area (Å²) in [6.45, 7) is 10.5. The number of carbonyl (C=O) groups excluding carboxylic acids is 2. The van der Waals surface area contributed by atoms with E-state index in [9.17, 15) is 9.59 Å². The first-order valence-electron chi connectivity index (χ1n) is 5.50. The second kappa shape index (κ2) is 7.84. The van der Waals surface area contributed by atoms with Crippen molar-refractivity contribution in [3.8, 4) is 0 Å². The fourth-order valence-electron chi connectivity index (χ4n) is 1.06. The zero-order valence-electron chi connectivity index (χ0n) is 10.7. The van der Waals surface area contributed by atoms with E-state index in [1.165, 1.54) is 6.92 Å². The van der Waals surface area contributed by atoms with Crippen LogP contribution in [0.25, 0.3) is 0 Å². The Kier molecular flexibility index (Phi) is 7.21. The number of hydrogen-bond donors (Lipinski definition) is 1. The van der Waals surface area contributed by atoms with E-state index in [1.54, 1.807) is 0 Å². The van der Waals surface area contributed by atoms with E-state index in [4.69, 9.17) is 9.47 Å². The SMILES string of the molecule is C=CC(=O)OCCNCC(C)(C)COC(C)=O. The van der Waals surface area contributed by atoms with Crippen LogP contribution in [0.5, 0.6) is 0 Å². The molecule has 0 aromatic carbocycles. The van der Waals surface area contributed by atoms with E-state index < -0.39 is 5.97 Å². The van der Waals surface area contributed by atoms with Crippen molar-refractivity contribution in [1.29, 1.82) is 0 Å². The Morgan fingerprint density at radius 3 is 2.53 bits per heavy atom. The minimum Gasteiger partial charge on any atom is -0.465 e. The fourth-order valence-corrected chi connectivity index (χ4v) is 1.06. The van der Waals surface area contributed by atoms with Crippen molar-refractivity contribution in [2.75, 3.05) is 26.3 Å². The molecule has 5 nitrogen and oxygen atoms in total. The lowest BCUT2D eigenvalue weighted by Crippen LogP contribution is -2.35. The van der Waals surface area contributed by atoms with Crippen molar-refractivity contribution in [3.05, 3.63) is 12.7 Å². The van der Waals surface area contributed by atoms with Gasteiger partial charge in [0.05, 0.1) is 6.61 Å². The van der Waals surface area contributed by atoms with Crippen LogP contribution in [-0.4, -0.2) is 38.2 Å². The van der Waals surface area contributed by atoms with Crippen LogP contribution in [0.2, 0.25) is 0 Å². The van der Waals surface area contributed by atoms with Gasteiger partial charge in [-0.3, -0.25) is 4.79 Å². The molecule has 0 aliphatic carbocycles. The molecule has 0 spiro atoms. The average molecular weight is 243 g/mol. The first-order chi connectivity index (χ1) is 7.87. The third kappa shape index (κ3) is 9.56. The number of carbonyl (C=O) groups is 2. The van der Waals surface area contributed by atoms with Gasteiger partial charge in [0, 0.05) is 31.5 Å². The van der Waals surface area contributed by atoms with Gasteiger partial charge in [0.15, 0.2) is 0 Å². The quantitative estimate of drug-likeness (QED) is 0.390. The van der Waals surface area contributed by atoms with Crippen LogP contribution >= 0.6 is 0 Å². The lowest BCUT2D eigenvalue weighted by molar-refractivity contribution is -0.144. The van der Waals surface area contributed by atoms with Crippen LogP contribution in [0.1, 0.15) is 20.8 Å². The standard InChI is InChI=1S/C12H21NO4/c1-5-11(15)16-7-6-13-8-12(3,4)9-17-10(2)14/h5,13H,1,6-9H2,2-4H3. The zero-order valence-corrected chi connectivity index (χ0v) is 10.7. The van der Waals surface area contributed by atoms with Gasteiger partial charge in [-0.15, -0.1) is 0 Å². The Balaban J connectivity index is 3.61. The van der Waals surface area contributed by atoms with Gasteiger partial charge in [-0.05, 0) is 0 Å². The van der Waals surface area contributed by atoms with Crippen LogP contribution in [-0.2, 0) is 19.1 Å². The van der Waals surface area contributed by atoms with Gasteiger partial charge in [-0.1, -0.05) is 20.4 Å². The molecular weight excluding hydrogens is 222 g/mol. The second-order valence-corrected chi connectivity index (χ2v) is 4.49. The summed E-state index contributed by atoms with van der Waals surface area (Å²) in [6, 6.07) is 0. The molecule has 98 valence electrons. The van der Waals surface area contributed by atoms with Crippen molar-refractivity contribution < 1.29 is 19.1 Å². The molecule has 0 rings (SSSR count). The number of rotatable bonds is 8. The normalized spacial score (nSPS) is 10.8. The molecule has 0 saturated carbocycles. The minimum absolute atomic E-state index is 0.145. The third-order valence-electron chi connectivity index (χ3n) is 1.96. The minimum atomic E-state index is -0.425. The van der Waals surface area contributed by atoms with Gasteiger partial charge in [0.25, 0.3) is 0 Å².